The van der Waals surface area contributed by atoms with Crippen LogP contribution >= 0.6 is 0 Å². The zero-order valence-corrected chi connectivity index (χ0v) is 12.6. The van der Waals surface area contributed by atoms with Gasteiger partial charge in [-0.15, -0.1) is 0 Å². The fraction of sp³-hybridized carbons (Fsp3) is 0.786. The number of rotatable bonds is 6. The highest BCUT2D eigenvalue weighted by Gasteiger charge is 2.16. The van der Waals surface area contributed by atoms with Gasteiger partial charge in [0, 0.05) is 37.5 Å². The molecule has 0 aliphatic rings. The first kappa shape index (κ1) is 15.2. The van der Waals surface area contributed by atoms with Crippen LogP contribution in [0.3, 0.4) is 0 Å². The second-order valence-corrected chi connectivity index (χ2v) is 6.43. The van der Waals surface area contributed by atoms with Crippen molar-refractivity contribution in [2.75, 3.05) is 7.11 Å². The zero-order chi connectivity index (χ0) is 13.8. The van der Waals surface area contributed by atoms with Gasteiger partial charge >= 0.3 is 0 Å². The maximum atomic E-state index is 5.40. The summed E-state index contributed by atoms with van der Waals surface area (Å²) in [5, 5.41) is 7.83. The Balaban J connectivity index is 2.44. The molecule has 1 aromatic rings. The molecule has 0 radical (unpaired) electrons. The average Bonchev–Trinajstić information content (AvgIpc) is 2.71. The Kier molecular flexibility index (Phi) is 4.93. The molecule has 1 aromatic heterocycles. The van der Waals surface area contributed by atoms with Crippen LogP contribution < -0.4 is 5.32 Å². The van der Waals surface area contributed by atoms with Crippen LogP contribution in [-0.2, 0) is 17.8 Å². The summed E-state index contributed by atoms with van der Waals surface area (Å²) in [6.07, 6.45) is 4.99. The van der Waals surface area contributed by atoms with Crippen molar-refractivity contribution < 1.29 is 4.74 Å². The van der Waals surface area contributed by atoms with Crippen LogP contribution in [0.4, 0.5) is 0 Å². The highest BCUT2D eigenvalue weighted by Crippen LogP contribution is 2.14. The smallest absolute Gasteiger partial charge is 0.0640 e. The molecular weight excluding hydrogens is 226 g/mol. The second-order valence-electron chi connectivity index (χ2n) is 6.43. The summed E-state index contributed by atoms with van der Waals surface area (Å²) in [6.45, 7) is 12.4. The van der Waals surface area contributed by atoms with Crippen LogP contribution in [0.15, 0.2) is 12.4 Å². The van der Waals surface area contributed by atoms with E-state index in [0.717, 1.165) is 19.5 Å². The molecule has 1 N–H and O–H groups in total. The number of nitrogens with zero attached hydrogens (tertiary/aromatic N) is 2. The maximum absolute atomic E-state index is 5.40. The number of ether oxygens (including phenoxy) is 1. The molecule has 0 aromatic carbocycles. The van der Waals surface area contributed by atoms with E-state index in [9.17, 15) is 0 Å². The van der Waals surface area contributed by atoms with Gasteiger partial charge in [0.25, 0.3) is 0 Å². The molecular formula is C14H27N3O. The van der Waals surface area contributed by atoms with Crippen molar-refractivity contribution in [3.63, 3.8) is 0 Å². The van der Waals surface area contributed by atoms with Crippen LogP contribution in [0.1, 0.15) is 46.6 Å². The molecule has 0 atom stereocenters. The predicted molar refractivity (Wildman–Crippen MR) is 74.5 cm³/mol. The standard InChI is InChI=1S/C14H27N3O/c1-13(2,3)15-9-12-10-16-17(11-12)8-7-14(4,5)18-6/h10-11,15H,7-9H2,1-6H3. The summed E-state index contributed by atoms with van der Waals surface area (Å²) in [7, 11) is 1.75. The van der Waals surface area contributed by atoms with E-state index in [0.29, 0.717) is 0 Å². The Hall–Kier alpha value is -0.870. The SMILES string of the molecule is COC(C)(C)CCn1cc(CNC(C)(C)C)cn1. The molecule has 0 aliphatic heterocycles. The van der Waals surface area contributed by atoms with Gasteiger partial charge in [-0.05, 0) is 41.0 Å². The van der Waals surface area contributed by atoms with E-state index in [4.69, 9.17) is 4.74 Å². The van der Waals surface area contributed by atoms with Gasteiger partial charge in [0.1, 0.15) is 0 Å². The van der Waals surface area contributed by atoms with Crippen LogP contribution in [0.5, 0.6) is 0 Å². The number of aromatic nitrogens is 2. The third-order valence-corrected chi connectivity index (χ3v) is 3.01. The van der Waals surface area contributed by atoms with Crippen molar-refractivity contribution in [2.45, 2.75) is 65.3 Å². The first-order valence-electron chi connectivity index (χ1n) is 6.53. The van der Waals surface area contributed by atoms with Crippen LogP contribution in [0.25, 0.3) is 0 Å². The van der Waals surface area contributed by atoms with Crippen LogP contribution in [-0.4, -0.2) is 28.0 Å². The number of hydrogen-bond acceptors (Lipinski definition) is 3. The molecule has 0 saturated carbocycles. The lowest BCUT2D eigenvalue weighted by Crippen LogP contribution is -2.34. The van der Waals surface area contributed by atoms with E-state index in [1.165, 1.54) is 5.56 Å². The molecule has 1 heterocycles. The Labute approximate surface area is 111 Å². The van der Waals surface area contributed by atoms with Gasteiger partial charge < -0.3 is 10.1 Å². The molecule has 0 spiro atoms. The molecule has 0 aliphatic carbocycles. The van der Waals surface area contributed by atoms with Gasteiger partial charge in [-0.3, -0.25) is 4.68 Å². The second kappa shape index (κ2) is 5.85. The third-order valence-electron chi connectivity index (χ3n) is 3.01. The lowest BCUT2D eigenvalue weighted by atomic mass is 10.1. The first-order valence-corrected chi connectivity index (χ1v) is 6.53. The normalized spacial score (nSPS) is 13.0. The van der Waals surface area contributed by atoms with E-state index >= 15 is 0 Å². The minimum Gasteiger partial charge on any atom is -0.379 e. The molecule has 18 heavy (non-hydrogen) atoms. The van der Waals surface area contributed by atoms with Gasteiger partial charge in [0.05, 0.1) is 11.8 Å². The molecule has 4 nitrogen and oxygen atoms in total. The van der Waals surface area contributed by atoms with Crippen molar-refractivity contribution in [3.05, 3.63) is 18.0 Å². The summed E-state index contributed by atoms with van der Waals surface area (Å²) >= 11 is 0. The van der Waals surface area contributed by atoms with Gasteiger partial charge in [-0.2, -0.15) is 5.10 Å². The summed E-state index contributed by atoms with van der Waals surface area (Å²) in [4.78, 5) is 0. The zero-order valence-electron chi connectivity index (χ0n) is 12.6. The Morgan fingerprint density at radius 3 is 2.50 bits per heavy atom. The monoisotopic (exact) mass is 253 g/mol. The number of methoxy groups -OCH3 is 1. The van der Waals surface area contributed by atoms with E-state index in [1.54, 1.807) is 7.11 Å². The number of aryl methyl sites for hydroxylation is 1. The average molecular weight is 253 g/mol. The summed E-state index contributed by atoms with van der Waals surface area (Å²) in [5.74, 6) is 0. The van der Waals surface area contributed by atoms with Crippen molar-refractivity contribution in [3.8, 4) is 0 Å². The number of hydrogen-bond donors (Lipinski definition) is 1. The Morgan fingerprint density at radius 1 is 1.28 bits per heavy atom. The van der Waals surface area contributed by atoms with Gasteiger partial charge in [-0.25, -0.2) is 0 Å². The Morgan fingerprint density at radius 2 is 1.94 bits per heavy atom. The van der Waals surface area contributed by atoms with E-state index in [2.05, 4.69) is 51.2 Å². The van der Waals surface area contributed by atoms with Crippen molar-refractivity contribution in [2.24, 2.45) is 0 Å². The fourth-order valence-corrected chi connectivity index (χ4v) is 1.47. The van der Waals surface area contributed by atoms with E-state index in [1.807, 2.05) is 10.9 Å². The predicted octanol–water partition coefficient (Wildman–Crippen LogP) is 2.59. The van der Waals surface area contributed by atoms with Gasteiger partial charge in [-0.1, -0.05) is 0 Å². The molecule has 0 amide bonds. The summed E-state index contributed by atoms with van der Waals surface area (Å²) in [5.41, 5.74) is 1.27. The fourth-order valence-electron chi connectivity index (χ4n) is 1.47. The first-order chi connectivity index (χ1) is 8.22. The molecule has 0 unspecified atom stereocenters. The minimum atomic E-state index is -0.0875. The molecule has 1 rings (SSSR count). The maximum Gasteiger partial charge on any atom is 0.0640 e. The lowest BCUT2D eigenvalue weighted by molar-refractivity contribution is 0.0113. The van der Waals surface area contributed by atoms with Crippen molar-refractivity contribution >= 4 is 0 Å². The highest BCUT2D eigenvalue weighted by atomic mass is 16.5. The lowest BCUT2D eigenvalue weighted by Gasteiger charge is -2.22. The van der Waals surface area contributed by atoms with E-state index < -0.39 is 0 Å². The molecule has 0 bridgehead atoms. The highest BCUT2D eigenvalue weighted by molar-refractivity contribution is 5.04. The van der Waals surface area contributed by atoms with Crippen molar-refractivity contribution in [1.82, 2.24) is 15.1 Å². The summed E-state index contributed by atoms with van der Waals surface area (Å²) < 4.78 is 7.39. The quantitative estimate of drug-likeness (QED) is 0.847. The number of nitrogens with one attached hydrogen (secondary N) is 1. The summed E-state index contributed by atoms with van der Waals surface area (Å²) in [6, 6.07) is 0. The van der Waals surface area contributed by atoms with Gasteiger partial charge in [0.15, 0.2) is 0 Å². The third kappa shape index (κ3) is 5.65. The van der Waals surface area contributed by atoms with Crippen LogP contribution in [0, 0.1) is 0 Å². The van der Waals surface area contributed by atoms with E-state index in [-0.39, 0.29) is 11.1 Å². The molecule has 104 valence electrons. The largest absolute Gasteiger partial charge is 0.379 e. The van der Waals surface area contributed by atoms with Crippen molar-refractivity contribution in [1.29, 1.82) is 0 Å². The molecule has 0 fully saturated rings. The topological polar surface area (TPSA) is 39.1 Å². The van der Waals surface area contributed by atoms with Gasteiger partial charge in [0.2, 0.25) is 0 Å². The Bertz CT molecular complexity index is 363. The molecule has 0 saturated heterocycles. The molecule has 4 heteroatoms. The van der Waals surface area contributed by atoms with Crippen LogP contribution in [0.2, 0.25) is 0 Å². The minimum absolute atomic E-state index is 0.0875.